The van der Waals surface area contributed by atoms with Crippen LogP contribution in [0.25, 0.3) is 0 Å². The van der Waals surface area contributed by atoms with Crippen molar-refractivity contribution in [3.63, 3.8) is 0 Å². The van der Waals surface area contributed by atoms with Crippen LogP contribution in [-0.2, 0) is 14.4 Å². The van der Waals surface area contributed by atoms with Crippen molar-refractivity contribution in [2.45, 2.75) is 33.6 Å². The lowest BCUT2D eigenvalue weighted by Gasteiger charge is -2.34. The molecule has 0 aliphatic carbocycles. The van der Waals surface area contributed by atoms with Crippen molar-refractivity contribution >= 4 is 17.6 Å². The SMILES string of the molecule is CCC1(CC)C(=O)NC(=O)C(C)C1=O. The number of hydrogen-bond acceptors (Lipinski definition) is 3. The van der Waals surface area contributed by atoms with Gasteiger partial charge in [0, 0.05) is 0 Å². The van der Waals surface area contributed by atoms with E-state index in [1.165, 1.54) is 0 Å². The number of amides is 2. The van der Waals surface area contributed by atoms with E-state index in [9.17, 15) is 14.4 Å². The van der Waals surface area contributed by atoms with Gasteiger partial charge in [0.2, 0.25) is 11.8 Å². The Kier molecular flexibility index (Phi) is 2.73. The molecule has 14 heavy (non-hydrogen) atoms. The summed E-state index contributed by atoms with van der Waals surface area (Å²) in [6.07, 6.45) is 0.900. The molecule has 4 nitrogen and oxygen atoms in total. The fraction of sp³-hybridized carbons (Fsp3) is 0.700. The first-order valence-electron chi connectivity index (χ1n) is 4.89. The zero-order chi connectivity index (χ0) is 10.9. The fourth-order valence-corrected chi connectivity index (χ4v) is 1.90. The predicted molar refractivity (Wildman–Crippen MR) is 50.3 cm³/mol. The highest BCUT2D eigenvalue weighted by atomic mass is 16.2. The summed E-state index contributed by atoms with van der Waals surface area (Å²) in [5.74, 6) is -1.85. The van der Waals surface area contributed by atoms with Crippen LogP contribution in [0.5, 0.6) is 0 Å². The second-order valence-electron chi connectivity index (χ2n) is 3.69. The van der Waals surface area contributed by atoms with Gasteiger partial charge in [0.15, 0.2) is 5.78 Å². The number of Topliss-reactive ketones (excluding diaryl/α,β-unsaturated/α-hetero) is 1. The van der Waals surface area contributed by atoms with Crippen molar-refractivity contribution in [2.75, 3.05) is 0 Å². The number of carbonyl (C=O) groups is 3. The molecule has 4 heteroatoms. The van der Waals surface area contributed by atoms with Crippen molar-refractivity contribution in [1.82, 2.24) is 5.32 Å². The first-order chi connectivity index (χ1) is 6.49. The Morgan fingerprint density at radius 3 is 2.14 bits per heavy atom. The van der Waals surface area contributed by atoms with Crippen molar-refractivity contribution < 1.29 is 14.4 Å². The highest BCUT2D eigenvalue weighted by Gasteiger charge is 2.50. The monoisotopic (exact) mass is 197 g/mol. The van der Waals surface area contributed by atoms with Gasteiger partial charge in [-0.2, -0.15) is 0 Å². The summed E-state index contributed by atoms with van der Waals surface area (Å²) in [4.78, 5) is 34.6. The molecule has 2 amide bonds. The molecule has 1 rings (SSSR count). The average Bonchev–Trinajstić information content (AvgIpc) is 2.17. The second kappa shape index (κ2) is 3.52. The van der Waals surface area contributed by atoms with Gasteiger partial charge in [0.25, 0.3) is 0 Å². The molecule has 0 aromatic carbocycles. The van der Waals surface area contributed by atoms with Crippen LogP contribution in [0.15, 0.2) is 0 Å². The standard InChI is InChI=1S/C10H15NO3/c1-4-10(5-2)7(12)6(3)8(13)11-9(10)14/h6H,4-5H2,1-3H3,(H,11,13,14). The molecule has 1 saturated heterocycles. The van der Waals surface area contributed by atoms with E-state index < -0.39 is 23.1 Å². The van der Waals surface area contributed by atoms with Crippen LogP contribution in [0.3, 0.4) is 0 Å². The van der Waals surface area contributed by atoms with Crippen LogP contribution in [0.4, 0.5) is 0 Å². The van der Waals surface area contributed by atoms with E-state index in [0.29, 0.717) is 12.8 Å². The van der Waals surface area contributed by atoms with E-state index in [1.54, 1.807) is 20.8 Å². The lowest BCUT2D eigenvalue weighted by Crippen LogP contribution is -2.58. The molecule has 78 valence electrons. The predicted octanol–water partition coefficient (Wildman–Crippen LogP) is 0.654. The maximum atomic E-state index is 11.8. The zero-order valence-corrected chi connectivity index (χ0v) is 8.72. The van der Waals surface area contributed by atoms with Crippen molar-refractivity contribution in [3.8, 4) is 0 Å². The Morgan fingerprint density at radius 2 is 1.71 bits per heavy atom. The van der Waals surface area contributed by atoms with Crippen LogP contribution in [0.1, 0.15) is 33.6 Å². The molecule has 0 aromatic heterocycles. The van der Waals surface area contributed by atoms with Crippen molar-refractivity contribution in [1.29, 1.82) is 0 Å². The van der Waals surface area contributed by atoms with E-state index in [1.807, 2.05) is 0 Å². The molecule has 0 bridgehead atoms. The quantitative estimate of drug-likeness (QED) is 0.522. The smallest absolute Gasteiger partial charge is 0.240 e. The van der Waals surface area contributed by atoms with Gasteiger partial charge >= 0.3 is 0 Å². The Morgan fingerprint density at radius 1 is 1.21 bits per heavy atom. The Hall–Kier alpha value is -1.19. The van der Waals surface area contributed by atoms with Gasteiger partial charge in [0.05, 0.1) is 5.92 Å². The minimum atomic E-state index is -0.979. The Bertz CT molecular complexity index is 292. The largest absolute Gasteiger partial charge is 0.298 e. The molecule has 0 saturated carbocycles. The van der Waals surface area contributed by atoms with Gasteiger partial charge in [-0.15, -0.1) is 0 Å². The van der Waals surface area contributed by atoms with Gasteiger partial charge in [-0.25, -0.2) is 0 Å². The van der Waals surface area contributed by atoms with Gasteiger partial charge in [-0.1, -0.05) is 13.8 Å². The van der Waals surface area contributed by atoms with Crippen molar-refractivity contribution in [2.24, 2.45) is 11.3 Å². The Balaban J connectivity index is 3.12. The molecule has 1 fully saturated rings. The van der Waals surface area contributed by atoms with Crippen LogP contribution in [-0.4, -0.2) is 17.6 Å². The molecule has 1 atom stereocenters. The van der Waals surface area contributed by atoms with Gasteiger partial charge < -0.3 is 0 Å². The van der Waals surface area contributed by atoms with E-state index in [2.05, 4.69) is 5.32 Å². The summed E-state index contributed by atoms with van der Waals surface area (Å²) in [6, 6.07) is 0. The second-order valence-corrected chi connectivity index (χ2v) is 3.69. The van der Waals surface area contributed by atoms with Crippen LogP contribution < -0.4 is 5.32 Å². The number of rotatable bonds is 2. The minimum absolute atomic E-state index is 0.240. The summed E-state index contributed by atoms with van der Waals surface area (Å²) in [7, 11) is 0. The molecular weight excluding hydrogens is 182 g/mol. The molecule has 0 radical (unpaired) electrons. The van der Waals surface area contributed by atoms with E-state index in [-0.39, 0.29) is 5.78 Å². The lowest BCUT2D eigenvalue weighted by molar-refractivity contribution is -0.154. The van der Waals surface area contributed by atoms with E-state index in [0.717, 1.165) is 0 Å². The summed E-state index contributed by atoms with van der Waals surface area (Å²) >= 11 is 0. The molecule has 0 aromatic rings. The maximum absolute atomic E-state index is 11.8. The molecule has 1 aliphatic rings. The highest BCUT2D eigenvalue weighted by molar-refractivity contribution is 6.22. The van der Waals surface area contributed by atoms with Crippen molar-refractivity contribution in [3.05, 3.63) is 0 Å². The number of nitrogens with one attached hydrogen (secondary N) is 1. The lowest BCUT2D eigenvalue weighted by atomic mass is 9.71. The molecule has 1 unspecified atom stereocenters. The molecule has 1 heterocycles. The van der Waals surface area contributed by atoms with Gasteiger partial charge in [0.1, 0.15) is 5.41 Å². The van der Waals surface area contributed by atoms with Crippen LogP contribution in [0.2, 0.25) is 0 Å². The third kappa shape index (κ3) is 1.25. The minimum Gasteiger partial charge on any atom is -0.298 e. The number of ketones is 1. The molecular formula is C10H15NO3. The average molecular weight is 197 g/mol. The third-order valence-electron chi connectivity index (χ3n) is 3.14. The first kappa shape index (κ1) is 10.9. The topological polar surface area (TPSA) is 63.2 Å². The highest BCUT2D eigenvalue weighted by Crippen LogP contribution is 2.33. The van der Waals surface area contributed by atoms with E-state index >= 15 is 0 Å². The summed E-state index contributed by atoms with van der Waals surface area (Å²) in [6.45, 7) is 5.14. The third-order valence-corrected chi connectivity index (χ3v) is 3.14. The summed E-state index contributed by atoms with van der Waals surface area (Å²) < 4.78 is 0. The maximum Gasteiger partial charge on any atom is 0.240 e. The normalized spacial score (nSPS) is 26.2. The van der Waals surface area contributed by atoms with E-state index in [4.69, 9.17) is 0 Å². The molecule has 1 aliphatic heterocycles. The Labute approximate surface area is 83.1 Å². The van der Waals surface area contributed by atoms with Crippen LogP contribution >= 0.6 is 0 Å². The number of piperidine rings is 1. The summed E-state index contributed by atoms with van der Waals surface area (Å²) in [5.41, 5.74) is -0.979. The van der Waals surface area contributed by atoms with Gasteiger partial charge in [-0.05, 0) is 19.8 Å². The fourth-order valence-electron chi connectivity index (χ4n) is 1.90. The molecule has 0 spiro atoms. The number of carbonyl (C=O) groups excluding carboxylic acids is 3. The number of hydrogen-bond donors (Lipinski definition) is 1. The van der Waals surface area contributed by atoms with Crippen LogP contribution in [0, 0.1) is 11.3 Å². The first-order valence-corrected chi connectivity index (χ1v) is 4.89. The summed E-state index contributed by atoms with van der Waals surface area (Å²) in [5, 5.41) is 2.25. The number of imide groups is 1. The molecule has 1 N–H and O–H groups in total. The zero-order valence-electron chi connectivity index (χ0n) is 8.72. The van der Waals surface area contributed by atoms with Gasteiger partial charge in [-0.3, -0.25) is 19.7 Å².